The topological polar surface area (TPSA) is 58.2 Å². The maximum Gasteiger partial charge on any atom is 0.251 e. The molecule has 2 N–H and O–H groups in total. The van der Waals surface area contributed by atoms with E-state index in [2.05, 4.69) is 10.6 Å². The Labute approximate surface area is 141 Å². The number of hydrogen-bond acceptors (Lipinski definition) is 2. The largest absolute Gasteiger partial charge is 0.340 e. The van der Waals surface area contributed by atoms with Crippen LogP contribution in [0.15, 0.2) is 48.5 Å². The van der Waals surface area contributed by atoms with Gasteiger partial charge < -0.3 is 10.6 Å². The summed E-state index contributed by atoms with van der Waals surface area (Å²) < 4.78 is 13.7. The number of anilines is 1. The Hall–Kier alpha value is -2.69. The third-order valence-electron chi connectivity index (χ3n) is 3.68. The van der Waals surface area contributed by atoms with E-state index in [1.54, 1.807) is 24.3 Å². The molecule has 2 amide bonds. The van der Waals surface area contributed by atoms with Crippen LogP contribution in [0, 0.1) is 18.7 Å². The minimum absolute atomic E-state index is 0.0951. The monoisotopic (exact) mass is 328 g/mol. The first-order valence-corrected chi connectivity index (χ1v) is 7.81. The molecule has 2 aromatic rings. The predicted molar refractivity (Wildman–Crippen MR) is 92.3 cm³/mol. The molecule has 0 saturated carbocycles. The predicted octanol–water partition coefficient (Wildman–Crippen LogP) is 3.53. The zero-order valence-electron chi connectivity index (χ0n) is 14.0. The first kappa shape index (κ1) is 17.7. The minimum atomic E-state index is -0.765. The summed E-state index contributed by atoms with van der Waals surface area (Å²) in [4.78, 5) is 24.8. The van der Waals surface area contributed by atoms with E-state index in [9.17, 15) is 14.0 Å². The summed E-state index contributed by atoms with van der Waals surface area (Å²) >= 11 is 0. The van der Waals surface area contributed by atoms with Crippen LogP contribution < -0.4 is 10.6 Å². The van der Waals surface area contributed by atoms with Gasteiger partial charge in [0.2, 0.25) is 5.91 Å². The van der Waals surface area contributed by atoms with Gasteiger partial charge in [-0.1, -0.05) is 43.7 Å². The zero-order valence-corrected chi connectivity index (χ0v) is 14.0. The van der Waals surface area contributed by atoms with E-state index in [1.165, 1.54) is 12.1 Å². The van der Waals surface area contributed by atoms with Gasteiger partial charge in [0.05, 0.1) is 5.69 Å². The molecule has 24 heavy (non-hydrogen) atoms. The summed E-state index contributed by atoms with van der Waals surface area (Å²) in [6.07, 6.45) is 0. The number of para-hydroxylation sites is 1. The Morgan fingerprint density at radius 1 is 1.00 bits per heavy atom. The Bertz CT molecular complexity index is 726. The molecule has 2 aromatic carbocycles. The van der Waals surface area contributed by atoms with Crippen LogP contribution in [0.3, 0.4) is 0 Å². The first-order valence-electron chi connectivity index (χ1n) is 7.81. The van der Waals surface area contributed by atoms with Crippen molar-refractivity contribution in [1.82, 2.24) is 5.32 Å². The molecular weight excluding hydrogens is 307 g/mol. The van der Waals surface area contributed by atoms with Gasteiger partial charge in [0.1, 0.15) is 11.9 Å². The van der Waals surface area contributed by atoms with Gasteiger partial charge in [-0.3, -0.25) is 9.59 Å². The maximum absolute atomic E-state index is 13.7. The molecule has 0 aliphatic heterocycles. The lowest BCUT2D eigenvalue weighted by Gasteiger charge is -2.22. The lowest BCUT2D eigenvalue weighted by molar-refractivity contribution is -0.118. The summed E-state index contributed by atoms with van der Waals surface area (Å²) in [5.74, 6) is -1.45. The number of nitrogens with one attached hydrogen (secondary N) is 2. The fourth-order valence-corrected chi connectivity index (χ4v) is 2.24. The molecule has 0 spiro atoms. The molecule has 0 aromatic heterocycles. The molecule has 126 valence electrons. The number of carbonyl (C=O) groups is 2. The van der Waals surface area contributed by atoms with E-state index >= 15 is 0 Å². The second kappa shape index (κ2) is 7.73. The Kier molecular flexibility index (Phi) is 5.68. The van der Waals surface area contributed by atoms with Crippen molar-refractivity contribution in [3.05, 3.63) is 65.5 Å². The highest BCUT2D eigenvalue weighted by Crippen LogP contribution is 2.14. The average molecular weight is 328 g/mol. The van der Waals surface area contributed by atoms with Crippen LogP contribution in [0.5, 0.6) is 0 Å². The molecule has 0 fully saturated rings. The molecule has 0 unspecified atom stereocenters. The van der Waals surface area contributed by atoms with E-state index in [4.69, 9.17) is 0 Å². The van der Waals surface area contributed by atoms with Gasteiger partial charge >= 0.3 is 0 Å². The van der Waals surface area contributed by atoms with Crippen LogP contribution >= 0.6 is 0 Å². The molecule has 5 heteroatoms. The average Bonchev–Trinajstić information content (AvgIpc) is 2.54. The molecule has 0 aliphatic carbocycles. The van der Waals surface area contributed by atoms with Gasteiger partial charge in [-0.25, -0.2) is 4.39 Å². The summed E-state index contributed by atoms with van der Waals surface area (Å²) in [5.41, 5.74) is 1.62. The van der Waals surface area contributed by atoms with Gasteiger partial charge in [0.15, 0.2) is 0 Å². The minimum Gasteiger partial charge on any atom is -0.340 e. The van der Waals surface area contributed by atoms with Gasteiger partial charge in [-0.05, 0) is 37.1 Å². The Morgan fingerprint density at radius 3 is 2.21 bits per heavy atom. The van der Waals surface area contributed by atoms with Crippen molar-refractivity contribution >= 4 is 17.5 Å². The summed E-state index contributed by atoms with van der Waals surface area (Å²) in [7, 11) is 0. The molecule has 0 aliphatic rings. The van der Waals surface area contributed by atoms with Crippen molar-refractivity contribution in [2.24, 2.45) is 5.92 Å². The normalized spacial score (nSPS) is 11.9. The number of carbonyl (C=O) groups excluding carboxylic acids is 2. The third-order valence-corrected chi connectivity index (χ3v) is 3.68. The lowest BCUT2D eigenvalue weighted by atomic mass is 10.0. The zero-order chi connectivity index (χ0) is 17.7. The fraction of sp³-hybridized carbons (Fsp3) is 0.263. The van der Waals surface area contributed by atoms with Crippen molar-refractivity contribution in [1.29, 1.82) is 0 Å². The van der Waals surface area contributed by atoms with Gasteiger partial charge in [-0.15, -0.1) is 0 Å². The summed E-state index contributed by atoms with van der Waals surface area (Å²) in [6, 6.07) is 12.2. The highest BCUT2D eigenvalue weighted by molar-refractivity contribution is 6.01. The first-order chi connectivity index (χ1) is 11.4. The van der Waals surface area contributed by atoms with Crippen LogP contribution in [0.1, 0.15) is 29.8 Å². The number of amides is 2. The molecule has 0 bridgehead atoms. The molecule has 2 rings (SSSR count). The molecule has 1 atom stereocenters. The molecule has 0 saturated heterocycles. The van der Waals surface area contributed by atoms with Crippen LogP contribution in [-0.4, -0.2) is 17.9 Å². The van der Waals surface area contributed by atoms with Gasteiger partial charge in [-0.2, -0.15) is 0 Å². The SMILES string of the molecule is Cc1ccc(C(=O)N[C@H](C(=O)Nc2ccccc2F)C(C)C)cc1. The van der Waals surface area contributed by atoms with E-state index in [0.717, 1.165) is 5.56 Å². The van der Waals surface area contributed by atoms with E-state index in [0.29, 0.717) is 5.56 Å². The molecule has 4 nitrogen and oxygen atoms in total. The Balaban J connectivity index is 2.11. The Morgan fingerprint density at radius 2 is 1.62 bits per heavy atom. The number of rotatable bonds is 5. The quantitative estimate of drug-likeness (QED) is 0.882. The standard InChI is InChI=1S/C19H21FN2O2/c1-12(2)17(19(24)21-16-7-5-4-6-15(16)20)22-18(23)14-10-8-13(3)9-11-14/h4-12,17H,1-3H3,(H,21,24)(H,22,23)/t17-/m0/s1. The molecule has 0 radical (unpaired) electrons. The van der Waals surface area contributed by atoms with Crippen molar-refractivity contribution in [3.8, 4) is 0 Å². The summed E-state index contributed by atoms with van der Waals surface area (Å²) in [6.45, 7) is 5.57. The van der Waals surface area contributed by atoms with E-state index < -0.39 is 17.8 Å². The van der Waals surface area contributed by atoms with Crippen LogP contribution in [0.4, 0.5) is 10.1 Å². The highest BCUT2D eigenvalue weighted by Gasteiger charge is 2.25. The van der Waals surface area contributed by atoms with Crippen LogP contribution in [0.25, 0.3) is 0 Å². The van der Waals surface area contributed by atoms with Crippen LogP contribution in [-0.2, 0) is 4.79 Å². The van der Waals surface area contributed by atoms with Gasteiger partial charge in [0.25, 0.3) is 5.91 Å². The molecule has 0 heterocycles. The van der Waals surface area contributed by atoms with Crippen molar-refractivity contribution in [3.63, 3.8) is 0 Å². The second-order valence-corrected chi connectivity index (χ2v) is 6.03. The number of halogens is 1. The fourth-order valence-electron chi connectivity index (χ4n) is 2.24. The van der Waals surface area contributed by atoms with Gasteiger partial charge in [0, 0.05) is 5.56 Å². The van der Waals surface area contributed by atoms with Crippen molar-refractivity contribution < 1.29 is 14.0 Å². The van der Waals surface area contributed by atoms with E-state index in [1.807, 2.05) is 32.9 Å². The number of aryl methyl sites for hydroxylation is 1. The highest BCUT2D eigenvalue weighted by atomic mass is 19.1. The smallest absolute Gasteiger partial charge is 0.251 e. The lowest BCUT2D eigenvalue weighted by Crippen LogP contribution is -2.47. The number of benzene rings is 2. The second-order valence-electron chi connectivity index (χ2n) is 6.03. The molecular formula is C19H21FN2O2. The van der Waals surface area contributed by atoms with E-state index in [-0.39, 0.29) is 17.5 Å². The number of hydrogen-bond donors (Lipinski definition) is 2. The third kappa shape index (κ3) is 4.41. The summed E-state index contributed by atoms with van der Waals surface area (Å²) in [5, 5.41) is 5.25. The van der Waals surface area contributed by atoms with Crippen molar-refractivity contribution in [2.75, 3.05) is 5.32 Å². The van der Waals surface area contributed by atoms with Crippen molar-refractivity contribution in [2.45, 2.75) is 26.8 Å². The maximum atomic E-state index is 13.7. The van der Waals surface area contributed by atoms with Crippen LogP contribution in [0.2, 0.25) is 0 Å².